The molecular formula is C26H23NO2. The zero-order chi connectivity index (χ0) is 20.1. The second kappa shape index (κ2) is 8.61. The fourth-order valence-corrected chi connectivity index (χ4v) is 3.55. The van der Waals surface area contributed by atoms with E-state index in [1.165, 1.54) is 0 Å². The van der Waals surface area contributed by atoms with E-state index >= 15 is 0 Å². The van der Waals surface area contributed by atoms with Gasteiger partial charge in [0.1, 0.15) is 5.76 Å². The molecule has 0 unspecified atom stereocenters. The Hall–Kier alpha value is -3.59. The molecule has 0 aliphatic rings. The van der Waals surface area contributed by atoms with Crippen LogP contribution < -0.4 is 0 Å². The van der Waals surface area contributed by atoms with Crippen LogP contribution in [0.4, 0.5) is 0 Å². The minimum Gasteiger partial charge on any atom is -0.467 e. The van der Waals surface area contributed by atoms with Gasteiger partial charge in [0.15, 0.2) is 0 Å². The maximum absolute atomic E-state index is 13.5. The third kappa shape index (κ3) is 4.46. The summed E-state index contributed by atoms with van der Waals surface area (Å²) in [7, 11) is 0. The number of rotatable bonds is 6. The Kier molecular flexibility index (Phi) is 5.57. The fourth-order valence-electron chi connectivity index (χ4n) is 3.55. The Morgan fingerprint density at radius 1 is 0.897 bits per heavy atom. The predicted octanol–water partition coefficient (Wildman–Crippen LogP) is 6.18. The first-order chi connectivity index (χ1) is 14.2. The van der Waals surface area contributed by atoms with E-state index in [0.29, 0.717) is 18.7 Å². The van der Waals surface area contributed by atoms with Gasteiger partial charge in [-0.25, -0.2) is 0 Å². The Morgan fingerprint density at radius 3 is 2.45 bits per heavy atom. The van der Waals surface area contributed by atoms with Crippen molar-refractivity contribution >= 4 is 22.8 Å². The molecule has 0 N–H and O–H groups in total. The first-order valence-electron chi connectivity index (χ1n) is 9.72. The lowest BCUT2D eigenvalue weighted by Gasteiger charge is -2.23. The van der Waals surface area contributed by atoms with Gasteiger partial charge in [0.05, 0.1) is 12.8 Å². The van der Waals surface area contributed by atoms with Gasteiger partial charge >= 0.3 is 0 Å². The largest absolute Gasteiger partial charge is 0.467 e. The number of hydrogen-bond donors (Lipinski definition) is 0. The smallest absolute Gasteiger partial charge is 0.255 e. The lowest BCUT2D eigenvalue weighted by atomic mass is 10.0. The highest BCUT2D eigenvalue weighted by Crippen LogP contribution is 2.22. The molecule has 29 heavy (non-hydrogen) atoms. The predicted molar refractivity (Wildman–Crippen MR) is 117 cm³/mol. The van der Waals surface area contributed by atoms with Gasteiger partial charge in [-0.15, -0.1) is 0 Å². The molecule has 3 nitrogen and oxygen atoms in total. The van der Waals surface area contributed by atoms with E-state index in [1.54, 1.807) is 6.26 Å². The molecule has 4 rings (SSSR count). The van der Waals surface area contributed by atoms with Crippen molar-refractivity contribution in [2.45, 2.75) is 13.5 Å². The molecule has 0 fully saturated rings. The number of hydrogen-bond acceptors (Lipinski definition) is 2. The van der Waals surface area contributed by atoms with Crippen LogP contribution in [0.2, 0.25) is 0 Å². The van der Waals surface area contributed by atoms with Gasteiger partial charge in [-0.1, -0.05) is 78.4 Å². The molecule has 0 aliphatic carbocycles. The van der Waals surface area contributed by atoms with E-state index in [9.17, 15) is 4.79 Å². The van der Waals surface area contributed by atoms with Crippen LogP contribution in [0.1, 0.15) is 28.6 Å². The second-order valence-electron chi connectivity index (χ2n) is 7.17. The summed E-state index contributed by atoms with van der Waals surface area (Å²) >= 11 is 0. The first kappa shape index (κ1) is 18.8. The zero-order valence-corrected chi connectivity index (χ0v) is 16.4. The van der Waals surface area contributed by atoms with E-state index in [1.807, 2.05) is 77.7 Å². The van der Waals surface area contributed by atoms with Gasteiger partial charge in [0.25, 0.3) is 5.91 Å². The molecule has 0 saturated carbocycles. The Morgan fingerprint density at radius 2 is 1.66 bits per heavy atom. The maximum atomic E-state index is 13.5. The summed E-state index contributed by atoms with van der Waals surface area (Å²) in [5.74, 6) is 0.769. The third-order valence-electron chi connectivity index (χ3n) is 4.89. The molecule has 0 radical (unpaired) electrons. The molecule has 3 heteroatoms. The fraction of sp³-hybridized carbons (Fsp3) is 0.115. The van der Waals surface area contributed by atoms with E-state index in [0.717, 1.165) is 27.7 Å². The molecule has 3 aromatic carbocycles. The number of amides is 1. The Balaban J connectivity index is 1.66. The van der Waals surface area contributed by atoms with Gasteiger partial charge in [0, 0.05) is 12.1 Å². The summed E-state index contributed by atoms with van der Waals surface area (Å²) in [6.07, 6.45) is 3.76. The molecule has 4 aromatic rings. The van der Waals surface area contributed by atoms with Gasteiger partial charge < -0.3 is 9.32 Å². The summed E-state index contributed by atoms with van der Waals surface area (Å²) in [4.78, 5) is 15.4. The van der Waals surface area contributed by atoms with Crippen LogP contribution in [0.15, 0.2) is 101 Å². The molecule has 0 saturated heterocycles. The van der Waals surface area contributed by atoms with Crippen LogP contribution in [-0.2, 0) is 6.54 Å². The minimum atomic E-state index is -0.000915. The summed E-state index contributed by atoms with van der Waals surface area (Å²) in [5.41, 5.74) is 2.94. The van der Waals surface area contributed by atoms with Crippen molar-refractivity contribution in [3.8, 4) is 0 Å². The highest BCUT2D eigenvalue weighted by molar-refractivity contribution is 6.07. The Bertz CT molecular complexity index is 1120. The van der Waals surface area contributed by atoms with E-state index in [-0.39, 0.29) is 5.91 Å². The highest BCUT2D eigenvalue weighted by Gasteiger charge is 2.19. The minimum absolute atomic E-state index is 0.000915. The standard InChI is InChI=1S/C26H23NO2/c1-20(17-21-9-3-2-4-10-21)18-27(19-23-13-8-16-29-23)26(28)25-15-7-12-22-11-5-6-14-24(22)25/h2-17H,18-19H2,1H3/b20-17+. The number of fused-ring (bicyclic) bond motifs is 1. The monoisotopic (exact) mass is 381 g/mol. The lowest BCUT2D eigenvalue weighted by molar-refractivity contribution is 0.0750. The average molecular weight is 381 g/mol. The topological polar surface area (TPSA) is 33.5 Å². The number of carbonyl (C=O) groups excluding carboxylic acids is 1. The van der Waals surface area contributed by atoms with Gasteiger partial charge in [0.2, 0.25) is 0 Å². The van der Waals surface area contributed by atoms with Crippen LogP contribution >= 0.6 is 0 Å². The summed E-state index contributed by atoms with van der Waals surface area (Å²) < 4.78 is 5.52. The summed E-state index contributed by atoms with van der Waals surface area (Å²) in [5, 5.41) is 2.03. The van der Waals surface area contributed by atoms with Crippen LogP contribution in [0.5, 0.6) is 0 Å². The number of nitrogens with zero attached hydrogens (tertiary/aromatic N) is 1. The van der Waals surface area contributed by atoms with Crippen molar-refractivity contribution in [1.29, 1.82) is 0 Å². The van der Waals surface area contributed by atoms with Gasteiger partial charge in [-0.05, 0) is 41.5 Å². The van der Waals surface area contributed by atoms with Crippen molar-refractivity contribution in [3.05, 3.63) is 114 Å². The molecular weight excluding hydrogens is 358 g/mol. The maximum Gasteiger partial charge on any atom is 0.255 e. The van der Waals surface area contributed by atoms with E-state index in [4.69, 9.17) is 4.42 Å². The molecule has 0 atom stereocenters. The van der Waals surface area contributed by atoms with Crippen molar-refractivity contribution in [2.24, 2.45) is 0 Å². The van der Waals surface area contributed by atoms with Crippen molar-refractivity contribution in [3.63, 3.8) is 0 Å². The summed E-state index contributed by atoms with van der Waals surface area (Å²) in [6, 6.07) is 27.8. The van der Waals surface area contributed by atoms with Gasteiger partial charge in [-0.3, -0.25) is 4.79 Å². The second-order valence-corrected chi connectivity index (χ2v) is 7.17. The number of furan rings is 1. The first-order valence-corrected chi connectivity index (χ1v) is 9.72. The average Bonchev–Trinajstić information content (AvgIpc) is 3.26. The van der Waals surface area contributed by atoms with Gasteiger partial charge in [-0.2, -0.15) is 0 Å². The van der Waals surface area contributed by atoms with Crippen molar-refractivity contribution < 1.29 is 9.21 Å². The molecule has 0 aliphatic heterocycles. The van der Waals surface area contributed by atoms with Crippen molar-refractivity contribution in [1.82, 2.24) is 4.90 Å². The van der Waals surface area contributed by atoms with Crippen LogP contribution in [0.25, 0.3) is 16.8 Å². The van der Waals surface area contributed by atoms with Crippen LogP contribution in [-0.4, -0.2) is 17.4 Å². The highest BCUT2D eigenvalue weighted by atomic mass is 16.3. The molecule has 144 valence electrons. The lowest BCUT2D eigenvalue weighted by Crippen LogP contribution is -2.32. The number of benzene rings is 3. The molecule has 1 heterocycles. The molecule has 0 bridgehead atoms. The number of carbonyl (C=O) groups is 1. The SMILES string of the molecule is C/C(=C\c1ccccc1)CN(Cc1ccco1)C(=O)c1cccc2ccccc12. The quantitative estimate of drug-likeness (QED) is 0.400. The van der Waals surface area contributed by atoms with Crippen molar-refractivity contribution in [2.75, 3.05) is 6.54 Å². The molecule has 0 spiro atoms. The zero-order valence-electron chi connectivity index (χ0n) is 16.4. The Labute approximate surface area is 170 Å². The summed E-state index contributed by atoms with van der Waals surface area (Å²) in [6.45, 7) is 3.01. The van der Waals surface area contributed by atoms with Crippen LogP contribution in [0.3, 0.4) is 0 Å². The van der Waals surface area contributed by atoms with E-state index in [2.05, 4.69) is 25.1 Å². The molecule has 1 aromatic heterocycles. The van der Waals surface area contributed by atoms with Crippen LogP contribution in [0, 0.1) is 0 Å². The third-order valence-corrected chi connectivity index (χ3v) is 4.89. The molecule has 1 amide bonds. The van der Waals surface area contributed by atoms with E-state index < -0.39 is 0 Å². The normalized spacial score (nSPS) is 11.6.